The minimum Gasteiger partial charge on any atom is -0.494 e. The van der Waals surface area contributed by atoms with Crippen molar-refractivity contribution in [3.8, 4) is 5.75 Å². The van der Waals surface area contributed by atoms with E-state index in [0.717, 1.165) is 16.2 Å². The molecule has 0 aromatic heterocycles. The molecule has 162 valence electrons. The number of halogens is 1. The lowest BCUT2D eigenvalue weighted by atomic mass is 10.1. The Hall–Kier alpha value is -3.38. The quantitative estimate of drug-likeness (QED) is 0.417. The first-order valence-corrected chi connectivity index (χ1v) is 11.2. The van der Waals surface area contributed by atoms with Gasteiger partial charge in [-0.25, -0.2) is 4.39 Å². The Morgan fingerprint density at radius 3 is 2.25 bits per heavy atom. The predicted octanol–water partition coefficient (Wildman–Crippen LogP) is 5.69. The largest absolute Gasteiger partial charge is 0.494 e. The Labute approximate surface area is 190 Å². The van der Waals surface area contributed by atoms with Crippen LogP contribution in [0, 0.1) is 5.82 Å². The molecule has 3 aromatic carbocycles. The summed E-state index contributed by atoms with van der Waals surface area (Å²) >= 11 is 1.25. The van der Waals surface area contributed by atoms with Gasteiger partial charge in [0.05, 0.1) is 23.6 Å². The molecule has 0 unspecified atom stereocenters. The van der Waals surface area contributed by atoms with E-state index in [1.165, 1.54) is 17.8 Å². The van der Waals surface area contributed by atoms with Gasteiger partial charge in [-0.15, -0.1) is 0 Å². The molecular formula is C26H22FNO3S. The van der Waals surface area contributed by atoms with E-state index in [9.17, 15) is 14.0 Å². The fraction of sp³-hybridized carbons (Fsp3) is 0.154. The second-order valence-electron chi connectivity index (χ2n) is 7.28. The minimum absolute atomic E-state index is 0.121. The molecule has 0 fully saturated rings. The maximum Gasteiger partial charge on any atom is 0.268 e. The normalized spacial score (nSPS) is 13.8. The lowest BCUT2D eigenvalue weighted by Crippen LogP contribution is -2.31. The van der Waals surface area contributed by atoms with Crippen LogP contribution in [-0.4, -0.2) is 23.3 Å². The van der Waals surface area contributed by atoms with Gasteiger partial charge < -0.3 is 4.74 Å². The van der Waals surface area contributed by atoms with Crippen LogP contribution in [0.2, 0.25) is 0 Å². The van der Waals surface area contributed by atoms with E-state index in [2.05, 4.69) is 0 Å². The number of amides is 2. The van der Waals surface area contributed by atoms with Crippen LogP contribution in [0.4, 0.5) is 4.39 Å². The molecule has 1 aliphatic rings. The van der Waals surface area contributed by atoms with Crippen LogP contribution in [-0.2, 0) is 16.1 Å². The van der Waals surface area contributed by atoms with Gasteiger partial charge in [-0.05, 0) is 42.3 Å². The van der Waals surface area contributed by atoms with E-state index >= 15 is 0 Å². The number of benzene rings is 3. The van der Waals surface area contributed by atoms with Crippen molar-refractivity contribution in [2.24, 2.45) is 0 Å². The van der Waals surface area contributed by atoms with Crippen LogP contribution >= 0.6 is 11.8 Å². The third-order valence-corrected chi connectivity index (χ3v) is 6.08. The van der Waals surface area contributed by atoms with Crippen molar-refractivity contribution in [1.82, 2.24) is 4.90 Å². The number of nitrogens with zero attached hydrogens (tertiary/aromatic N) is 1. The molecular weight excluding hydrogens is 425 g/mol. The number of imide groups is 1. The van der Waals surface area contributed by atoms with Crippen LogP contribution in [0.25, 0.3) is 5.57 Å². The Balaban J connectivity index is 1.70. The molecule has 0 aliphatic carbocycles. The van der Waals surface area contributed by atoms with E-state index in [1.54, 1.807) is 42.5 Å². The van der Waals surface area contributed by atoms with Gasteiger partial charge in [0.15, 0.2) is 0 Å². The second kappa shape index (κ2) is 9.83. The zero-order valence-electron chi connectivity index (χ0n) is 17.6. The van der Waals surface area contributed by atoms with Crippen molar-refractivity contribution in [3.63, 3.8) is 0 Å². The SMILES string of the molecule is CCCOc1ccc(C2=C(Sc3ccccc3)C(=O)N(Cc3ccccc3F)C2=O)cc1. The van der Waals surface area contributed by atoms with Crippen molar-refractivity contribution in [2.75, 3.05) is 6.61 Å². The molecule has 4 rings (SSSR count). The molecule has 0 bridgehead atoms. The summed E-state index contributed by atoms with van der Waals surface area (Å²) < 4.78 is 19.9. The van der Waals surface area contributed by atoms with E-state index in [1.807, 2.05) is 37.3 Å². The summed E-state index contributed by atoms with van der Waals surface area (Å²) in [6.45, 7) is 2.51. The zero-order chi connectivity index (χ0) is 22.5. The first-order chi connectivity index (χ1) is 15.6. The smallest absolute Gasteiger partial charge is 0.268 e. The summed E-state index contributed by atoms with van der Waals surface area (Å²) in [4.78, 5) is 29.0. The van der Waals surface area contributed by atoms with Crippen molar-refractivity contribution in [2.45, 2.75) is 24.8 Å². The van der Waals surface area contributed by atoms with Gasteiger partial charge in [-0.1, -0.05) is 67.2 Å². The molecule has 0 saturated heterocycles. The Morgan fingerprint density at radius 2 is 1.56 bits per heavy atom. The molecule has 1 aliphatic heterocycles. The number of carbonyl (C=O) groups is 2. The number of hydrogen-bond donors (Lipinski definition) is 0. The molecule has 1 heterocycles. The van der Waals surface area contributed by atoms with Gasteiger partial charge in [-0.3, -0.25) is 14.5 Å². The van der Waals surface area contributed by atoms with Gasteiger partial charge in [0.25, 0.3) is 11.8 Å². The maximum atomic E-state index is 14.2. The highest BCUT2D eigenvalue weighted by atomic mass is 32.2. The highest BCUT2D eigenvalue weighted by Crippen LogP contribution is 2.40. The van der Waals surface area contributed by atoms with Gasteiger partial charge in [0.1, 0.15) is 11.6 Å². The van der Waals surface area contributed by atoms with E-state index in [4.69, 9.17) is 4.74 Å². The Bertz CT molecular complexity index is 1160. The number of thioether (sulfide) groups is 1. The summed E-state index contributed by atoms with van der Waals surface area (Å²) in [5, 5.41) is 0. The topological polar surface area (TPSA) is 46.6 Å². The van der Waals surface area contributed by atoms with Crippen molar-refractivity contribution < 1.29 is 18.7 Å². The molecule has 4 nitrogen and oxygen atoms in total. The summed E-state index contributed by atoms with van der Waals surface area (Å²) in [5.41, 5.74) is 1.24. The molecule has 2 amide bonds. The number of rotatable bonds is 8. The maximum absolute atomic E-state index is 14.2. The van der Waals surface area contributed by atoms with Crippen molar-refractivity contribution >= 4 is 29.1 Å². The monoisotopic (exact) mass is 447 g/mol. The molecule has 32 heavy (non-hydrogen) atoms. The Morgan fingerprint density at radius 1 is 0.875 bits per heavy atom. The number of hydrogen-bond acceptors (Lipinski definition) is 4. The van der Waals surface area contributed by atoms with E-state index in [0.29, 0.717) is 34.0 Å². The summed E-state index contributed by atoms with van der Waals surface area (Å²) in [6, 6.07) is 22.7. The van der Waals surface area contributed by atoms with Crippen molar-refractivity contribution in [3.05, 3.63) is 101 Å². The third-order valence-electron chi connectivity index (χ3n) is 4.99. The van der Waals surface area contributed by atoms with Gasteiger partial charge >= 0.3 is 0 Å². The summed E-state index contributed by atoms with van der Waals surface area (Å²) in [5.74, 6) is -0.600. The average Bonchev–Trinajstić information content (AvgIpc) is 3.04. The molecule has 0 saturated carbocycles. The van der Waals surface area contributed by atoms with E-state index in [-0.39, 0.29) is 6.54 Å². The van der Waals surface area contributed by atoms with Gasteiger partial charge in [0.2, 0.25) is 0 Å². The lowest BCUT2D eigenvalue weighted by molar-refractivity contribution is -0.137. The number of ether oxygens (including phenoxy) is 1. The third kappa shape index (κ3) is 4.60. The van der Waals surface area contributed by atoms with Crippen LogP contribution in [0.15, 0.2) is 88.7 Å². The van der Waals surface area contributed by atoms with E-state index < -0.39 is 17.6 Å². The fourth-order valence-electron chi connectivity index (χ4n) is 3.39. The van der Waals surface area contributed by atoms with Crippen molar-refractivity contribution in [1.29, 1.82) is 0 Å². The van der Waals surface area contributed by atoms with Crippen LogP contribution in [0.3, 0.4) is 0 Å². The number of carbonyl (C=O) groups excluding carboxylic acids is 2. The zero-order valence-corrected chi connectivity index (χ0v) is 18.4. The molecule has 0 radical (unpaired) electrons. The minimum atomic E-state index is -0.448. The highest BCUT2D eigenvalue weighted by Gasteiger charge is 2.39. The second-order valence-corrected chi connectivity index (χ2v) is 8.36. The van der Waals surface area contributed by atoms with Gasteiger partial charge in [0, 0.05) is 10.5 Å². The van der Waals surface area contributed by atoms with Crippen LogP contribution in [0.1, 0.15) is 24.5 Å². The van der Waals surface area contributed by atoms with Crippen LogP contribution in [0.5, 0.6) is 5.75 Å². The highest BCUT2D eigenvalue weighted by molar-refractivity contribution is 8.04. The first-order valence-electron chi connectivity index (χ1n) is 10.4. The van der Waals surface area contributed by atoms with Gasteiger partial charge in [-0.2, -0.15) is 0 Å². The Kier molecular flexibility index (Phi) is 6.71. The molecule has 6 heteroatoms. The standard InChI is InChI=1S/C26H22FNO3S/c1-2-16-31-20-14-12-18(13-15-20)23-24(32-21-9-4-3-5-10-21)26(30)28(25(23)29)17-19-8-6-7-11-22(19)27/h3-15H,2,16-17H2,1H3. The molecule has 3 aromatic rings. The lowest BCUT2D eigenvalue weighted by Gasteiger charge is -2.15. The molecule has 0 atom stereocenters. The molecule has 0 N–H and O–H groups in total. The van der Waals surface area contributed by atoms with Crippen LogP contribution < -0.4 is 4.74 Å². The average molecular weight is 448 g/mol. The molecule has 0 spiro atoms. The first kappa shape index (κ1) is 21.8. The fourth-order valence-corrected chi connectivity index (χ4v) is 4.42. The summed E-state index contributed by atoms with van der Waals surface area (Å²) in [7, 11) is 0. The summed E-state index contributed by atoms with van der Waals surface area (Å²) in [6.07, 6.45) is 0.892. The predicted molar refractivity (Wildman–Crippen MR) is 123 cm³/mol.